The van der Waals surface area contributed by atoms with Crippen LogP contribution in [0.5, 0.6) is 0 Å². The van der Waals surface area contributed by atoms with Gasteiger partial charge in [-0.3, -0.25) is 4.79 Å². The molecule has 0 saturated carbocycles. The maximum absolute atomic E-state index is 14.0. The topological polar surface area (TPSA) is 68.5 Å². The minimum atomic E-state index is -0.339. The third-order valence-electron chi connectivity index (χ3n) is 4.10. The van der Waals surface area contributed by atoms with E-state index in [1.807, 2.05) is 17.5 Å². The van der Waals surface area contributed by atoms with Crippen LogP contribution in [0.25, 0.3) is 20.9 Å². The summed E-state index contributed by atoms with van der Waals surface area (Å²) in [6.07, 6.45) is 0. The molecule has 4 rings (SSSR count). The van der Waals surface area contributed by atoms with Gasteiger partial charge in [-0.2, -0.15) is 0 Å². The number of aromatic nitrogens is 2. The number of rotatable bonds is 7. The van der Waals surface area contributed by atoms with Gasteiger partial charge in [0.05, 0.1) is 22.9 Å². The molecule has 3 heterocycles. The number of amides is 1. The number of thiophene rings is 2. The summed E-state index contributed by atoms with van der Waals surface area (Å²) in [4.78, 5) is 15.9. The Kier molecular flexibility index (Phi) is 5.47. The first kappa shape index (κ1) is 18.7. The molecule has 0 atom stereocenters. The number of carbonyl (C=O) groups is 1. The zero-order valence-electron chi connectivity index (χ0n) is 14.9. The monoisotopic (exact) mass is 417 g/mol. The van der Waals surface area contributed by atoms with E-state index in [9.17, 15) is 9.18 Å². The van der Waals surface area contributed by atoms with Gasteiger partial charge in [0.2, 0.25) is 5.89 Å². The van der Waals surface area contributed by atoms with Crippen LogP contribution >= 0.6 is 22.7 Å². The van der Waals surface area contributed by atoms with Crippen molar-refractivity contribution in [2.75, 3.05) is 20.3 Å². The second-order valence-corrected chi connectivity index (χ2v) is 7.99. The van der Waals surface area contributed by atoms with Gasteiger partial charge in [-0.05, 0) is 29.6 Å². The molecule has 28 heavy (non-hydrogen) atoms. The Morgan fingerprint density at radius 2 is 2.18 bits per heavy atom. The fraction of sp³-hybridized carbons (Fsp3) is 0.211. The molecule has 0 saturated heterocycles. The van der Waals surface area contributed by atoms with Crippen LogP contribution in [-0.2, 0) is 11.3 Å². The molecule has 0 unspecified atom stereocenters. The van der Waals surface area contributed by atoms with Crippen molar-refractivity contribution in [1.82, 2.24) is 15.1 Å². The summed E-state index contributed by atoms with van der Waals surface area (Å²) in [6.45, 7) is 0.858. The lowest BCUT2D eigenvalue weighted by atomic mass is 10.2. The molecule has 0 spiro atoms. The van der Waals surface area contributed by atoms with Gasteiger partial charge in [0.25, 0.3) is 11.8 Å². The van der Waals surface area contributed by atoms with Crippen molar-refractivity contribution < 1.29 is 18.3 Å². The summed E-state index contributed by atoms with van der Waals surface area (Å²) in [7, 11) is 1.57. The number of ether oxygens (including phenoxy) is 1. The molecule has 0 radical (unpaired) electrons. The Morgan fingerprint density at radius 3 is 2.93 bits per heavy atom. The highest BCUT2D eigenvalue weighted by atomic mass is 32.1. The fourth-order valence-corrected chi connectivity index (χ4v) is 4.41. The molecule has 3 aromatic heterocycles. The summed E-state index contributed by atoms with van der Waals surface area (Å²) in [5.41, 5.74) is 0. The number of carbonyl (C=O) groups excluding carboxylic acids is 1. The highest BCUT2D eigenvalue weighted by Crippen LogP contribution is 2.29. The number of hydrogen-bond donors (Lipinski definition) is 0. The predicted octanol–water partition coefficient (Wildman–Crippen LogP) is 4.44. The van der Waals surface area contributed by atoms with Gasteiger partial charge in [-0.15, -0.1) is 32.9 Å². The van der Waals surface area contributed by atoms with Crippen molar-refractivity contribution in [2.24, 2.45) is 0 Å². The number of fused-ring (bicyclic) bond motifs is 1. The molecule has 0 aliphatic carbocycles. The third-order valence-corrected chi connectivity index (χ3v) is 6.04. The SMILES string of the molecule is COCCN(Cc1nnc(-c2cccs2)o1)C(=O)c1cc2c(F)cccc2s1. The van der Waals surface area contributed by atoms with E-state index in [0.717, 1.165) is 9.58 Å². The lowest BCUT2D eigenvalue weighted by Crippen LogP contribution is -2.33. The number of methoxy groups -OCH3 is 1. The smallest absolute Gasteiger partial charge is 0.264 e. The van der Waals surface area contributed by atoms with Gasteiger partial charge in [0, 0.05) is 23.7 Å². The first-order valence-electron chi connectivity index (χ1n) is 8.48. The maximum atomic E-state index is 14.0. The van der Waals surface area contributed by atoms with E-state index in [0.29, 0.717) is 35.2 Å². The van der Waals surface area contributed by atoms with E-state index in [2.05, 4.69) is 10.2 Å². The Hall–Kier alpha value is -2.62. The van der Waals surface area contributed by atoms with Crippen molar-refractivity contribution in [3.05, 3.63) is 58.4 Å². The second kappa shape index (κ2) is 8.17. The number of halogens is 1. The van der Waals surface area contributed by atoms with Gasteiger partial charge in [0.1, 0.15) is 5.82 Å². The normalized spacial score (nSPS) is 11.2. The summed E-state index contributed by atoms with van der Waals surface area (Å²) in [5.74, 6) is 0.190. The molecule has 0 fully saturated rings. The van der Waals surface area contributed by atoms with Gasteiger partial charge in [-0.25, -0.2) is 4.39 Å². The molecular weight excluding hydrogens is 401 g/mol. The molecule has 0 aliphatic rings. The average Bonchev–Trinajstić information content (AvgIpc) is 3.44. The zero-order valence-corrected chi connectivity index (χ0v) is 16.6. The standard InChI is InChI=1S/C19H16FN3O3S2/c1-25-8-7-23(11-17-21-22-18(26-17)15-6-3-9-27-15)19(24)16-10-12-13(20)4-2-5-14(12)28-16/h2-6,9-10H,7-8,11H2,1H3. The predicted molar refractivity (Wildman–Crippen MR) is 106 cm³/mol. The van der Waals surface area contributed by atoms with E-state index in [1.54, 1.807) is 30.2 Å². The van der Waals surface area contributed by atoms with Crippen molar-refractivity contribution in [3.8, 4) is 10.8 Å². The molecule has 1 amide bonds. The minimum absolute atomic E-state index is 0.150. The van der Waals surface area contributed by atoms with Crippen LogP contribution in [-0.4, -0.2) is 41.3 Å². The van der Waals surface area contributed by atoms with E-state index >= 15 is 0 Å². The minimum Gasteiger partial charge on any atom is -0.418 e. The van der Waals surface area contributed by atoms with Gasteiger partial charge in [-0.1, -0.05) is 12.1 Å². The molecule has 6 nitrogen and oxygen atoms in total. The summed E-state index contributed by atoms with van der Waals surface area (Å²) in [5, 5.41) is 10.5. The summed E-state index contributed by atoms with van der Waals surface area (Å²) < 4.78 is 25.5. The summed E-state index contributed by atoms with van der Waals surface area (Å²) in [6, 6.07) is 10.2. The molecule has 0 aliphatic heterocycles. The number of nitrogens with zero attached hydrogens (tertiary/aromatic N) is 3. The van der Waals surface area contributed by atoms with Gasteiger partial charge < -0.3 is 14.1 Å². The van der Waals surface area contributed by atoms with Gasteiger partial charge in [0.15, 0.2) is 0 Å². The maximum Gasteiger partial charge on any atom is 0.264 e. The largest absolute Gasteiger partial charge is 0.418 e. The van der Waals surface area contributed by atoms with Crippen LogP contribution < -0.4 is 0 Å². The molecule has 1 aromatic carbocycles. The van der Waals surface area contributed by atoms with Crippen LogP contribution in [0, 0.1) is 5.82 Å². The van der Waals surface area contributed by atoms with Crippen LogP contribution in [0.2, 0.25) is 0 Å². The Morgan fingerprint density at radius 1 is 1.29 bits per heavy atom. The first-order valence-corrected chi connectivity index (χ1v) is 10.2. The van der Waals surface area contributed by atoms with Crippen LogP contribution in [0.4, 0.5) is 4.39 Å². The second-order valence-electron chi connectivity index (χ2n) is 5.96. The van der Waals surface area contributed by atoms with Crippen LogP contribution in [0.15, 0.2) is 46.2 Å². The number of hydrogen-bond acceptors (Lipinski definition) is 7. The first-order chi connectivity index (χ1) is 13.7. The van der Waals surface area contributed by atoms with E-state index in [1.165, 1.54) is 28.7 Å². The molecule has 4 aromatic rings. The van der Waals surface area contributed by atoms with Crippen molar-refractivity contribution >= 4 is 38.7 Å². The van der Waals surface area contributed by atoms with Crippen LogP contribution in [0.1, 0.15) is 15.6 Å². The Labute approximate surface area is 168 Å². The van der Waals surface area contributed by atoms with Crippen molar-refractivity contribution in [2.45, 2.75) is 6.54 Å². The average molecular weight is 417 g/mol. The lowest BCUT2D eigenvalue weighted by Gasteiger charge is -2.19. The molecule has 0 bridgehead atoms. The molecule has 144 valence electrons. The summed E-state index contributed by atoms with van der Waals surface area (Å²) >= 11 is 2.76. The number of benzene rings is 1. The Balaban J connectivity index is 1.58. The highest BCUT2D eigenvalue weighted by Gasteiger charge is 2.22. The van der Waals surface area contributed by atoms with Gasteiger partial charge >= 0.3 is 0 Å². The van der Waals surface area contributed by atoms with E-state index in [-0.39, 0.29) is 18.3 Å². The quantitative estimate of drug-likeness (QED) is 0.445. The molecule has 9 heteroatoms. The highest BCUT2D eigenvalue weighted by molar-refractivity contribution is 7.20. The molecular formula is C19H16FN3O3S2. The fourth-order valence-electron chi connectivity index (χ4n) is 2.72. The third kappa shape index (κ3) is 3.82. The Bertz CT molecular complexity index is 1090. The van der Waals surface area contributed by atoms with E-state index < -0.39 is 0 Å². The van der Waals surface area contributed by atoms with Crippen LogP contribution in [0.3, 0.4) is 0 Å². The zero-order chi connectivity index (χ0) is 19.5. The van der Waals surface area contributed by atoms with E-state index in [4.69, 9.17) is 9.15 Å². The van der Waals surface area contributed by atoms with Crippen molar-refractivity contribution in [1.29, 1.82) is 0 Å². The van der Waals surface area contributed by atoms with Crippen molar-refractivity contribution in [3.63, 3.8) is 0 Å². The molecule has 0 N–H and O–H groups in total. The lowest BCUT2D eigenvalue weighted by molar-refractivity contribution is 0.0668.